The van der Waals surface area contributed by atoms with Gasteiger partial charge in [0.15, 0.2) is 5.16 Å². The molecule has 0 aliphatic carbocycles. The third-order valence-corrected chi connectivity index (χ3v) is 6.31. The van der Waals surface area contributed by atoms with Gasteiger partial charge in [0.05, 0.1) is 18.4 Å². The van der Waals surface area contributed by atoms with E-state index in [0.717, 1.165) is 24.2 Å². The van der Waals surface area contributed by atoms with Gasteiger partial charge in [-0.2, -0.15) is 0 Å². The standard InChI is InChI=1S/C17H17FN6O3S2/c18-10-3-5-11(6-4-10)19-14(25)15-21-20-13(29-15)9-28-17-23-22-16(26)24(17)8-12-2-1-7-27-12/h3-6,12H,1-2,7-9H2,(H,19,25)(H,22,26). The Bertz CT molecular complexity index is 1040. The smallest absolute Gasteiger partial charge is 0.344 e. The zero-order valence-corrected chi connectivity index (χ0v) is 16.8. The van der Waals surface area contributed by atoms with Crippen LogP contribution in [0.15, 0.2) is 34.2 Å². The summed E-state index contributed by atoms with van der Waals surface area (Å²) in [6.45, 7) is 1.17. The van der Waals surface area contributed by atoms with Crippen LogP contribution in [0.3, 0.4) is 0 Å². The summed E-state index contributed by atoms with van der Waals surface area (Å²) < 4.78 is 20.1. The number of amides is 1. The van der Waals surface area contributed by atoms with Gasteiger partial charge in [-0.25, -0.2) is 14.3 Å². The molecular formula is C17H17FN6O3S2. The molecule has 0 saturated carbocycles. The van der Waals surface area contributed by atoms with E-state index >= 15 is 0 Å². The molecule has 1 fully saturated rings. The minimum Gasteiger partial charge on any atom is -0.376 e. The highest BCUT2D eigenvalue weighted by Crippen LogP contribution is 2.24. The Labute approximate surface area is 172 Å². The fourth-order valence-corrected chi connectivity index (χ4v) is 4.49. The summed E-state index contributed by atoms with van der Waals surface area (Å²) >= 11 is 2.48. The van der Waals surface area contributed by atoms with E-state index in [2.05, 4.69) is 25.7 Å². The maximum atomic E-state index is 12.9. The predicted molar refractivity (Wildman–Crippen MR) is 106 cm³/mol. The summed E-state index contributed by atoms with van der Waals surface area (Å²) in [4.78, 5) is 24.3. The number of hydrogen-bond acceptors (Lipinski definition) is 8. The van der Waals surface area contributed by atoms with Gasteiger partial charge in [-0.15, -0.1) is 15.3 Å². The number of carbonyl (C=O) groups excluding carboxylic acids is 1. The van der Waals surface area contributed by atoms with Gasteiger partial charge in [0.1, 0.15) is 10.8 Å². The highest BCUT2D eigenvalue weighted by Gasteiger charge is 2.20. The molecule has 152 valence electrons. The average molecular weight is 436 g/mol. The van der Waals surface area contributed by atoms with Crippen molar-refractivity contribution >= 4 is 34.7 Å². The normalized spacial score (nSPS) is 16.2. The quantitative estimate of drug-likeness (QED) is 0.546. The fraction of sp³-hybridized carbons (Fsp3) is 0.353. The predicted octanol–water partition coefficient (Wildman–Crippen LogP) is 2.29. The number of nitrogens with one attached hydrogen (secondary N) is 2. The van der Waals surface area contributed by atoms with Gasteiger partial charge < -0.3 is 10.1 Å². The summed E-state index contributed by atoms with van der Waals surface area (Å²) in [6, 6.07) is 5.46. The van der Waals surface area contributed by atoms with Crippen LogP contribution < -0.4 is 11.0 Å². The van der Waals surface area contributed by atoms with Crippen LogP contribution in [0.4, 0.5) is 10.1 Å². The first kappa shape index (κ1) is 19.7. The summed E-state index contributed by atoms with van der Waals surface area (Å²) in [5.41, 5.74) is 0.192. The molecule has 29 heavy (non-hydrogen) atoms. The van der Waals surface area contributed by atoms with Crippen molar-refractivity contribution in [1.82, 2.24) is 25.0 Å². The molecule has 0 radical (unpaired) electrons. The highest BCUT2D eigenvalue weighted by atomic mass is 32.2. The molecule has 3 heterocycles. The Kier molecular flexibility index (Phi) is 6.02. The number of carbonyl (C=O) groups is 1. The number of halogens is 1. The average Bonchev–Trinajstić information content (AvgIpc) is 3.46. The zero-order chi connectivity index (χ0) is 20.2. The molecule has 2 N–H and O–H groups in total. The van der Waals surface area contributed by atoms with E-state index in [9.17, 15) is 14.0 Å². The Balaban J connectivity index is 1.36. The van der Waals surface area contributed by atoms with Crippen molar-refractivity contribution in [3.8, 4) is 0 Å². The number of H-pyrrole nitrogens is 1. The van der Waals surface area contributed by atoms with Crippen molar-refractivity contribution in [1.29, 1.82) is 0 Å². The lowest BCUT2D eigenvalue weighted by Gasteiger charge is -2.10. The fourth-order valence-electron chi connectivity index (χ4n) is 2.81. The number of ether oxygens (including phenoxy) is 1. The number of thioether (sulfide) groups is 1. The summed E-state index contributed by atoms with van der Waals surface area (Å²) in [7, 11) is 0. The molecule has 1 saturated heterocycles. The first-order valence-corrected chi connectivity index (χ1v) is 10.7. The second-order valence-electron chi connectivity index (χ2n) is 6.31. The molecule has 1 amide bonds. The van der Waals surface area contributed by atoms with Crippen LogP contribution in [0, 0.1) is 5.82 Å². The lowest BCUT2D eigenvalue weighted by Crippen LogP contribution is -2.24. The van der Waals surface area contributed by atoms with Gasteiger partial charge in [-0.1, -0.05) is 23.1 Å². The minimum atomic E-state index is -0.416. The Hall–Kier alpha value is -2.57. The molecule has 9 nitrogen and oxygen atoms in total. The van der Waals surface area contributed by atoms with Gasteiger partial charge in [0, 0.05) is 12.3 Å². The van der Waals surface area contributed by atoms with Gasteiger partial charge >= 0.3 is 5.69 Å². The SMILES string of the molecule is O=C(Nc1ccc(F)cc1)c1nnc(CSc2n[nH]c(=O)n2CC2CCCO2)s1. The van der Waals surface area contributed by atoms with Crippen LogP contribution in [0.1, 0.15) is 27.7 Å². The second kappa shape index (κ2) is 8.84. The van der Waals surface area contributed by atoms with Crippen LogP contribution in [-0.2, 0) is 17.0 Å². The topological polar surface area (TPSA) is 115 Å². The zero-order valence-electron chi connectivity index (χ0n) is 15.1. The van der Waals surface area contributed by atoms with Crippen LogP contribution in [0.25, 0.3) is 0 Å². The van der Waals surface area contributed by atoms with Crippen molar-refractivity contribution in [2.45, 2.75) is 36.4 Å². The van der Waals surface area contributed by atoms with Crippen LogP contribution in [0.2, 0.25) is 0 Å². The van der Waals surface area contributed by atoms with E-state index in [0.29, 0.717) is 34.8 Å². The van der Waals surface area contributed by atoms with Crippen LogP contribution in [-0.4, -0.2) is 43.6 Å². The molecule has 3 aromatic rings. The number of aromatic amines is 1. The molecule has 0 spiro atoms. The number of hydrogen-bond donors (Lipinski definition) is 2. The molecular weight excluding hydrogens is 419 g/mol. The lowest BCUT2D eigenvalue weighted by molar-refractivity contribution is 0.0941. The van der Waals surface area contributed by atoms with Gasteiger partial charge in [0.25, 0.3) is 5.91 Å². The van der Waals surface area contributed by atoms with E-state index in [4.69, 9.17) is 4.74 Å². The molecule has 1 atom stereocenters. The van der Waals surface area contributed by atoms with Crippen molar-refractivity contribution < 1.29 is 13.9 Å². The molecule has 1 aliphatic rings. The van der Waals surface area contributed by atoms with Gasteiger partial charge in [-0.05, 0) is 37.1 Å². The molecule has 1 unspecified atom stereocenters. The maximum Gasteiger partial charge on any atom is 0.344 e. The number of nitrogens with zero attached hydrogens (tertiary/aromatic N) is 4. The van der Waals surface area contributed by atoms with Crippen LogP contribution >= 0.6 is 23.1 Å². The van der Waals surface area contributed by atoms with E-state index in [-0.39, 0.29) is 22.6 Å². The molecule has 12 heteroatoms. The van der Waals surface area contributed by atoms with Gasteiger partial charge in [-0.3, -0.25) is 9.36 Å². The second-order valence-corrected chi connectivity index (χ2v) is 8.31. The molecule has 1 aliphatic heterocycles. The lowest BCUT2D eigenvalue weighted by atomic mass is 10.2. The Morgan fingerprint density at radius 3 is 2.97 bits per heavy atom. The third-order valence-electron chi connectivity index (χ3n) is 4.22. The third kappa shape index (κ3) is 4.89. The summed E-state index contributed by atoms with van der Waals surface area (Å²) in [6.07, 6.45) is 1.94. The van der Waals surface area contributed by atoms with Crippen molar-refractivity contribution in [2.24, 2.45) is 0 Å². The van der Waals surface area contributed by atoms with Crippen molar-refractivity contribution in [3.63, 3.8) is 0 Å². The maximum absolute atomic E-state index is 12.9. The van der Waals surface area contributed by atoms with E-state index in [1.807, 2.05) is 0 Å². The molecule has 4 rings (SSSR count). The number of rotatable bonds is 7. The number of aromatic nitrogens is 5. The van der Waals surface area contributed by atoms with Gasteiger partial charge in [0.2, 0.25) is 5.01 Å². The molecule has 0 bridgehead atoms. The number of benzene rings is 1. The van der Waals surface area contributed by atoms with Crippen molar-refractivity contribution in [2.75, 3.05) is 11.9 Å². The molecule has 1 aromatic carbocycles. The first-order valence-electron chi connectivity index (χ1n) is 8.87. The monoisotopic (exact) mass is 436 g/mol. The van der Waals surface area contributed by atoms with Crippen molar-refractivity contribution in [3.05, 3.63) is 50.6 Å². The number of anilines is 1. The molecule has 2 aromatic heterocycles. The van der Waals surface area contributed by atoms with Crippen LogP contribution in [0.5, 0.6) is 0 Å². The van der Waals surface area contributed by atoms with E-state index in [1.165, 1.54) is 36.0 Å². The van der Waals surface area contributed by atoms with E-state index in [1.54, 1.807) is 4.57 Å². The minimum absolute atomic E-state index is 0.0212. The Morgan fingerprint density at radius 1 is 1.38 bits per heavy atom. The summed E-state index contributed by atoms with van der Waals surface area (Å²) in [5, 5.41) is 18.5. The largest absolute Gasteiger partial charge is 0.376 e. The van der Waals surface area contributed by atoms with E-state index < -0.39 is 5.91 Å². The first-order chi connectivity index (χ1) is 14.1. The Morgan fingerprint density at radius 2 is 2.21 bits per heavy atom. The summed E-state index contributed by atoms with van der Waals surface area (Å²) in [5.74, 6) is -0.382. The highest BCUT2D eigenvalue weighted by molar-refractivity contribution is 7.98.